The van der Waals surface area contributed by atoms with E-state index in [0.717, 1.165) is 36.3 Å². The normalized spacial score (nSPS) is 21.5. The average molecular weight is 464 g/mol. The van der Waals surface area contributed by atoms with E-state index < -0.39 is 0 Å². The van der Waals surface area contributed by atoms with Crippen molar-refractivity contribution in [2.45, 2.75) is 50.8 Å². The van der Waals surface area contributed by atoms with Gasteiger partial charge in [0.15, 0.2) is 0 Å². The lowest BCUT2D eigenvalue weighted by molar-refractivity contribution is 0.0662. The van der Waals surface area contributed by atoms with Gasteiger partial charge in [0, 0.05) is 43.5 Å². The number of piperidine rings is 1. The summed E-state index contributed by atoms with van der Waals surface area (Å²) in [4.78, 5) is 18.9. The minimum atomic E-state index is -0.383. The van der Waals surface area contributed by atoms with Gasteiger partial charge in [-0.2, -0.15) is 5.26 Å². The SMILES string of the molecule is CC(C)OC(=O)N1CCC(n2ccc3c2N=CC2=CC3(Nc3ccc(C#N)cc3Cl)C2)CC1. The van der Waals surface area contributed by atoms with E-state index in [1.807, 2.05) is 26.1 Å². The number of rotatable bonds is 4. The Kier molecular flexibility index (Phi) is 5.41. The number of aromatic nitrogens is 1. The Morgan fingerprint density at radius 3 is 2.76 bits per heavy atom. The lowest BCUT2D eigenvalue weighted by atomic mass is 9.75. The second kappa shape index (κ2) is 8.27. The number of nitrogens with zero attached hydrogens (tertiary/aromatic N) is 4. The summed E-state index contributed by atoms with van der Waals surface area (Å²) in [7, 11) is 0. The van der Waals surface area contributed by atoms with E-state index in [0.29, 0.717) is 23.7 Å². The number of carbonyl (C=O) groups is 1. The van der Waals surface area contributed by atoms with Gasteiger partial charge in [-0.1, -0.05) is 11.6 Å². The fourth-order valence-electron chi connectivity index (χ4n) is 4.90. The number of likely N-dealkylation sites (tertiary alicyclic amines) is 1. The predicted octanol–water partition coefficient (Wildman–Crippen LogP) is 5.55. The molecule has 6 rings (SSSR count). The molecular formula is C25H26ClN5O2. The van der Waals surface area contributed by atoms with Gasteiger partial charge in [-0.25, -0.2) is 9.79 Å². The van der Waals surface area contributed by atoms with Crippen LogP contribution in [0.1, 0.15) is 50.3 Å². The molecule has 4 aliphatic rings. The van der Waals surface area contributed by atoms with Gasteiger partial charge in [-0.3, -0.25) is 0 Å². The minimum Gasteiger partial charge on any atom is -0.447 e. The van der Waals surface area contributed by atoms with Crippen molar-refractivity contribution in [1.82, 2.24) is 9.47 Å². The topological polar surface area (TPSA) is 82.7 Å². The molecule has 1 fully saturated rings. The van der Waals surface area contributed by atoms with Gasteiger partial charge in [0.05, 0.1) is 34.0 Å². The lowest BCUT2D eigenvalue weighted by Crippen LogP contribution is -2.40. The minimum absolute atomic E-state index is 0.113. The van der Waals surface area contributed by atoms with Crippen molar-refractivity contribution >= 4 is 35.4 Å². The predicted molar refractivity (Wildman–Crippen MR) is 128 cm³/mol. The third-order valence-electron chi connectivity index (χ3n) is 6.54. The maximum atomic E-state index is 12.2. The summed E-state index contributed by atoms with van der Waals surface area (Å²) in [5.41, 5.74) is 3.24. The number of aliphatic imine (C=N–C) groups is 1. The fourth-order valence-corrected chi connectivity index (χ4v) is 5.13. The van der Waals surface area contributed by atoms with Crippen LogP contribution in [0, 0.1) is 11.3 Å². The molecule has 1 aliphatic carbocycles. The summed E-state index contributed by atoms with van der Waals surface area (Å²) in [6.45, 7) is 5.07. The van der Waals surface area contributed by atoms with E-state index >= 15 is 0 Å². The smallest absolute Gasteiger partial charge is 0.410 e. The Bertz CT molecular complexity index is 1200. The van der Waals surface area contributed by atoms with Gasteiger partial charge in [0.25, 0.3) is 0 Å². The van der Waals surface area contributed by atoms with Crippen LogP contribution in [0.15, 0.2) is 47.1 Å². The number of carbonyl (C=O) groups excluding carboxylic acids is 1. The van der Waals surface area contributed by atoms with Crippen molar-refractivity contribution < 1.29 is 9.53 Å². The number of hydrogen-bond acceptors (Lipinski definition) is 5. The van der Waals surface area contributed by atoms with Crippen LogP contribution in [0.3, 0.4) is 0 Å². The molecule has 1 aromatic carbocycles. The highest BCUT2D eigenvalue weighted by molar-refractivity contribution is 6.33. The second-order valence-electron chi connectivity index (χ2n) is 9.17. The van der Waals surface area contributed by atoms with E-state index in [1.54, 1.807) is 17.0 Å². The monoisotopic (exact) mass is 463 g/mol. The molecule has 7 nitrogen and oxygen atoms in total. The fraction of sp³-hybridized carbons (Fsp3) is 0.400. The Hall–Kier alpha value is -3.24. The molecule has 0 saturated carbocycles. The first-order valence-electron chi connectivity index (χ1n) is 11.3. The number of halogens is 1. The van der Waals surface area contributed by atoms with Gasteiger partial charge < -0.3 is 19.5 Å². The van der Waals surface area contributed by atoms with Crippen LogP contribution in [0.25, 0.3) is 0 Å². The third-order valence-corrected chi connectivity index (χ3v) is 6.86. The van der Waals surface area contributed by atoms with Crippen LogP contribution in [-0.4, -0.2) is 41.0 Å². The van der Waals surface area contributed by atoms with Crippen molar-refractivity contribution in [3.63, 3.8) is 0 Å². The first-order chi connectivity index (χ1) is 15.9. The summed E-state index contributed by atoms with van der Waals surface area (Å²) in [5.74, 6) is 0.944. The third kappa shape index (κ3) is 3.89. The number of benzene rings is 1. The van der Waals surface area contributed by atoms with E-state index in [-0.39, 0.29) is 23.8 Å². The molecule has 170 valence electrons. The van der Waals surface area contributed by atoms with Crippen molar-refractivity contribution in [2.75, 3.05) is 18.4 Å². The molecule has 3 aliphatic heterocycles. The van der Waals surface area contributed by atoms with Crippen LogP contribution >= 0.6 is 11.6 Å². The van der Waals surface area contributed by atoms with Gasteiger partial charge in [-0.05, 0) is 62.6 Å². The first-order valence-corrected chi connectivity index (χ1v) is 11.7. The summed E-state index contributed by atoms with van der Waals surface area (Å²) in [6, 6.07) is 9.83. The van der Waals surface area contributed by atoms with E-state index in [2.05, 4.69) is 34.3 Å². The van der Waals surface area contributed by atoms with Crippen molar-refractivity contribution in [1.29, 1.82) is 5.26 Å². The molecule has 0 spiro atoms. The largest absolute Gasteiger partial charge is 0.447 e. The summed E-state index contributed by atoms with van der Waals surface area (Å²) < 4.78 is 7.60. The molecule has 2 bridgehead atoms. The molecule has 1 unspecified atom stereocenters. The average Bonchev–Trinajstić information content (AvgIpc) is 3.06. The van der Waals surface area contributed by atoms with E-state index in [1.165, 1.54) is 5.57 Å². The van der Waals surface area contributed by atoms with Crippen LogP contribution in [0.2, 0.25) is 5.02 Å². The van der Waals surface area contributed by atoms with Crippen LogP contribution in [0.5, 0.6) is 0 Å². The number of ether oxygens (including phenoxy) is 1. The number of hydrogen-bond donors (Lipinski definition) is 1. The van der Waals surface area contributed by atoms with Gasteiger partial charge >= 0.3 is 6.09 Å². The van der Waals surface area contributed by atoms with Gasteiger partial charge in [-0.15, -0.1) is 0 Å². The zero-order valence-electron chi connectivity index (χ0n) is 18.7. The molecular weight excluding hydrogens is 438 g/mol. The molecule has 8 heteroatoms. The van der Waals surface area contributed by atoms with E-state index in [4.69, 9.17) is 26.6 Å². The van der Waals surface area contributed by atoms with Gasteiger partial charge in [0.2, 0.25) is 0 Å². The highest BCUT2D eigenvalue weighted by Gasteiger charge is 2.43. The highest BCUT2D eigenvalue weighted by Crippen LogP contribution is 2.49. The molecule has 4 heterocycles. The molecule has 0 radical (unpaired) electrons. The summed E-state index contributed by atoms with van der Waals surface area (Å²) >= 11 is 6.46. The summed E-state index contributed by atoms with van der Waals surface area (Å²) in [5, 5.41) is 13.3. The highest BCUT2D eigenvalue weighted by atomic mass is 35.5. The quantitative estimate of drug-likeness (QED) is 0.644. The molecule has 1 amide bonds. The number of amides is 1. The molecule has 33 heavy (non-hydrogen) atoms. The Morgan fingerprint density at radius 1 is 1.33 bits per heavy atom. The second-order valence-corrected chi connectivity index (χ2v) is 9.58. The maximum Gasteiger partial charge on any atom is 0.410 e. The molecule has 1 atom stereocenters. The standard InChI is InChI=1S/C25H26ClN5O2/c1-16(2)33-24(32)30-8-5-19(6-9-30)31-10-7-20-23(31)28-15-18-12-25(20,13-18)29-22-4-3-17(14-27)11-21(22)26/h3-4,7,10-12,15-16,19,29H,5-6,8-9,13H2,1-2H3. The van der Waals surface area contributed by atoms with Gasteiger partial charge in [0.1, 0.15) is 5.82 Å². The van der Waals surface area contributed by atoms with Crippen molar-refractivity contribution in [3.8, 4) is 6.07 Å². The van der Waals surface area contributed by atoms with Crippen LogP contribution in [-0.2, 0) is 10.3 Å². The first kappa shape index (κ1) is 21.6. The van der Waals surface area contributed by atoms with Crippen LogP contribution < -0.4 is 5.32 Å². The number of anilines is 1. The zero-order valence-corrected chi connectivity index (χ0v) is 19.5. The Balaban J connectivity index is 1.37. The van der Waals surface area contributed by atoms with Crippen LogP contribution in [0.4, 0.5) is 16.3 Å². The summed E-state index contributed by atoms with van der Waals surface area (Å²) in [6.07, 6.45) is 8.43. The Labute approximate surface area is 198 Å². The van der Waals surface area contributed by atoms with Crippen molar-refractivity contribution in [2.24, 2.45) is 4.99 Å². The molecule has 1 saturated heterocycles. The number of nitriles is 1. The molecule has 1 N–H and O–H groups in total. The zero-order chi connectivity index (χ0) is 23.2. The number of nitrogens with one attached hydrogen (secondary N) is 1. The lowest BCUT2D eigenvalue weighted by Gasteiger charge is -2.39. The Morgan fingerprint density at radius 2 is 2.09 bits per heavy atom. The van der Waals surface area contributed by atoms with E-state index in [9.17, 15) is 4.79 Å². The molecule has 2 aromatic rings. The maximum absolute atomic E-state index is 12.2. The molecule has 1 aromatic heterocycles. The van der Waals surface area contributed by atoms with Crippen molar-refractivity contribution in [3.05, 3.63) is 58.3 Å².